The molecule has 1 aliphatic heterocycles. The lowest BCUT2D eigenvalue weighted by atomic mass is 10.1. The summed E-state index contributed by atoms with van der Waals surface area (Å²) < 4.78 is 0. The summed E-state index contributed by atoms with van der Waals surface area (Å²) in [5.41, 5.74) is 2.41. The number of amides is 1. The van der Waals surface area contributed by atoms with E-state index in [1.54, 1.807) is 24.5 Å². The van der Waals surface area contributed by atoms with Gasteiger partial charge in [0.05, 0.1) is 6.04 Å². The Kier molecular flexibility index (Phi) is 5.81. The maximum absolute atomic E-state index is 12.7. The molecular formula is C23H24N4O2. The van der Waals surface area contributed by atoms with Crippen LogP contribution in [0.3, 0.4) is 0 Å². The molecule has 1 aliphatic rings. The number of rotatable bonds is 6. The summed E-state index contributed by atoms with van der Waals surface area (Å²) in [4.78, 5) is 34.4. The Labute approximate surface area is 169 Å². The summed E-state index contributed by atoms with van der Waals surface area (Å²) in [5.74, 6) is -0.354. The number of nitrogens with zero attached hydrogens (tertiary/aromatic N) is 2. The molecular weight excluding hydrogens is 364 g/mol. The van der Waals surface area contributed by atoms with E-state index in [2.05, 4.69) is 32.3 Å². The molecule has 0 unspecified atom stereocenters. The Morgan fingerprint density at radius 1 is 1.03 bits per heavy atom. The Balaban J connectivity index is 1.49. The topological polar surface area (TPSA) is 78.1 Å². The normalized spacial score (nSPS) is 15.2. The second kappa shape index (κ2) is 8.84. The highest BCUT2D eigenvalue weighted by Crippen LogP contribution is 2.24. The number of aromatic nitrogens is 2. The molecule has 0 bridgehead atoms. The van der Waals surface area contributed by atoms with Gasteiger partial charge in [-0.3, -0.25) is 19.5 Å². The largest absolute Gasteiger partial charge is 0.350 e. The van der Waals surface area contributed by atoms with Crippen molar-refractivity contribution in [2.24, 2.45) is 0 Å². The number of pyridine rings is 2. The van der Waals surface area contributed by atoms with Gasteiger partial charge >= 0.3 is 0 Å². The number of likely N-dealkylation sites (tertiary alicyclic amines) is 1. The summed E-state index contributed by atoms with van der Waals surface area (Å²) in [7, 11) is 0. The molecule has 148 valence electrons. The van der Waals surface area contributed by atoms with E-state index in [1.165, 1.54) is 18.4 Å². The minimum absolute atomic E-state index is 0.109. The van der Waals surface area contributed by atoms with E-state index in [0.29, 0.717) is 12.2 Å². The van der Waals surface area contributed by atoms with Crippen LogP contribution < -0.4 is 10.9 Å². The molecule has 6 nitrogen and oxygen atoms in total. The van der Waals surface area contributed by atoms with Crippen molar-refractivity contribution in [1.82, 2.24) is 20.2 Å². The third-order valence-electron chi connectivity index (χ3n) is 5.37. The van der Waals surface area contributed by atoms with Gasteiger partial charge in [0.25, 0.3) is 11.5 Å². The van der Waals surface area contributed by atoms with Gasteiger partial charge in [-0.25, -0.2) is 0 Å². The molecule has 2 N–H and O–H groups in total. The van der Waals surface area contributed by atoms with Crippen molar-refractivity contribution in [3.63, 3.8) is 0 Å². The van der Waals surface area contributed by atoms with Crippen molar-refractivity contribution in [3.05, 3.63) is 88.5 Å². The fourth-order valence-electron chi connectivity index (χ4n) is 3.82. The number of carbonyl (C=O) groups is 1. The van der Waals surface area contributed by atoms with Gasteiger partial charge in [0, 0.05) is 30.2 Å². The molecule has 0 spiro atoms. The van der Waals surface area contributed by atoms with Crippen molar-refractivity contribution in [3.8, 4) is 11.3 Å². The first-order chi connectivity index (χ1) is 14.2. The van der Waals surface area contributed by atoms with Crippen LogP contribution >= 0.6 is 0 Å². The van der Waals surface area contributed by atoms with E-state index < -0.39 is 5.56 Å². The van der Waals surface area contributed by atoms with Gasteiger partial charge in [0.1, 0.15) is 5.56 Å². The molecule has 1 aromatic carbocycles. The third kappa shape index (κ3) is 4.43. The highest BCUT2D eigenvalue weighted by molar-refractivity contribution is 5.94. The SMILES string of the molecule is O=C(NC[C@@H](c1ccccc1)N1CCCC1)c1ccc(-c2ccncc2)[nH]c1=O. The van der Waals surface area contributed by atoms with E-state index in [-0.39, 0.29) is 17.5 Å². The van der Waals surface area contributed by atoms with Crippen LogP contribution in [-0.4, -0.2) is 40.4 Å². The Hall–Kier alpha value is -3.25. The molecule has 1 amide bonds. The zero-order valence-electron chi connectivity index (χ0n) is 16.2. The summed E-state index contributed by atoms with van der Waals surface area (Å²) in [6.45, 7) is 2.52. The average molecular weight is 388 g/mol. The standard InChI is InChI=1S/C23H24N4O2/c28-22(19-8-9-20(26-23(19)29)17-10-12-24-13-11-17)25-16-21(27-14-4-5-15-27)18-6-2-1-3-7-18/h1-3,6-13,21H,4-5,14-16H2,(H,25,28)(H,26,29)/t21-/m0/s1. The molecule has 0 aliphatic carbocycles. The van der Waals surface area contributed by atoms with Gasteiger partial charge in [-0.15, -0.1) is 0 Å². The van der Waals surface area contributed by atoms with Gasteiger partial charge < -0.3 is 10.3 Å². The number of aromatic amines is 1. The quantitative estimate of drug-likeness (QED) is 0.680. The number of carbonyl (C=O) groups excluding carboxylic acids is 1. The van der Waals surface area contributed by atoms with Crippen LogP contribution in [0, 0.1) is 0 Å². The molecule has 29 heavy (non-hydrogen) atoms. The molecule has 0 radical (unpaired) electrons. The zero-order valence-corrected chi connectivity index (χ0v) is 16.2. The summed E-state index contributed by atoms with van der Waals surface area (Å²) in [6, 6.07) is 17.3. The van der Waals surface area contributed by atoms with Crippen LogP contribution in [0.25, 0.3) is 11.3 Å². The van der Waals surface area contributed by atoms with Crippen LogP contribution in [0.15, 0.2) is 71.8 Å². The molecule has 3 heterocycles. The second-order valence-corrected chi connectivity index (χ2v) is 7.23. The van der Waals surface area contributed by atoms with Crippen LogP contribution in [0.2, 0.25) is 0 Å². The summed E-state index contributed by atoms with van der Waals surface area (Å²) in [5, 5.41) is 2.96. The Morgan fingerprint density at radius 2 is 1.76 bits per heavy atom. The van der Waals surface area contributed by atoms with E-state index in [4.69, 9.17) is 0 Å². The summed E-state index contributed by atoms with van der Waals surface area (Å²) >= 11 is 0. The lowest BCUT2D eigenvalue weighted by Gasteiger charge is -2.28. The van der Waals surface area contributed by atoms with Crippen molar-refractivity contribution < 1.29 is 4.79 Å². The molecule has 1 saturated heterocycles. The first-order valence-electron chi connectivity index (χ1n) is 9.93. The molecule has 1 atom stereocenters. The molecule has 0 saturated carbocycles. The van der Waals surface area contributed by atoms with E-state index in [9.17, 15) is 9.59 Å². The second-order valence-electron chi connectivity index (χ2n) is 7.23. The first kappa shape index (κ1) is 19.1. The minimum Gasteiger partial charge on any atom is -0.350 e. The molecule has 3 aromatic rings. The van der Waals surface area contributed by atoms with Crippen molar-refractivity contribution in [2.45, 2.75) is 18.9 Å². The Bertz CT molecular complexity index is 1010. The van der Waals surface area contributed by atoms with E-state index in [1.807, 2.05) is 30.3 Å². The molecule has 6 heteroatoms. The first-order valence-corrected chi connectivity index (χ1v) is 9.93. The van der Waals surface area contributed by atoms with Crippen molar-refractivity contribution in [2.75, 3.05) is 19.6 Å². The minimum atomic E-state index is -0.394. The van der Waals surface area contributed by atoms with Gasteiger partial charge in [-0.05, 0) is 55.8 Å². The fraction of sp³-hybridized carbons (Fsp3) is 0.261. The highest BCUT2D eigenvalue weighted by Gasteiger charge is 2.24. The molecule has 2 aromatic heterocycles. The predicted octanol–water partition coefficient (Wildman–Crippen LogP) is 3.00. The van der Waals surface area contributed by atoms with Crippen LogP contribution in [0.4, 0.5) is 0 Å². The zero-order chi connectivity index (χ0) is 20.1. The molecule has 4 rings (SSSR count). The van der Waals surface area contributed by atoms with Gasteiger partial charge in [0.2, 0.25) is 0 Å². The van der Waals surface area contributed by atoms with Gasteiger partial charge in [0.15, 0.2) is 0 Å². The maximum atomic E-state index is 12.7. The highest BCUT2D eigenvalue weighted by atomic mass is 16.2. The Morgan fingerprint density at radius 3 is 2.45 bits per heavy atom. The smallest absolute Gasteiger partial charge is 0.261 e. The number of benzene rings is 1. The lowest BCUT2D eigenvalue weighted by molar-refractivity contribution is 0.0936. The predicted molar refractivity (Wildman–Crippen MR) is 113 cm³/mol. The summed E-state index contributed by atoms with van der Waals surface area (Å²) in [6.07, 6.45) is 5.67. The monoisotopic (exact) mass is 388 g/mol. The average Bonchev–Trinajstić information content (AvgIpc) is 3.29. The van der Waals surface area contributed by atoms with Crippen LogP contribution in [-0.2, 0) is 0 Å². The van der Waals surface area contributed by atoms with Gasteiger partial charge in [-0.1, -0.05) is 30.3 Å². The van der Waals surface area contributed by atoms with Crippen LogP contribution in [0.1, 0.15) is 34.8 Å². The van der Waals surface area contributed by atoms with Gasteiger partial charge in [-0.2, -0.15) is 0 Å². The number of nitrogens with one attached hydrogen (secondary N) is 2. The molecule has 1 fully saturated rings. The van der Waals surface area contributed by atoms with E-state index >= 15 is 0 Å². The lowest BCUT2D eigenvalue weighted by Crippen LogP contribution is -2.38. The number of H-pyrrole nitrogens is 1. The van der Waals surface area contributed by atoms with Crippen molar-refractivity contribution >= 4 is 5.91 Å². The fourth-order valence-corrected chi connectivity index (χ4v) is 3.82. The number of hydrogen-bond donors (Lipinski definition) is 2. The third-order valence-corrected chi connectivity index (χ3v) is 5.37. The number of hydrogen-bond acceptors (Lipinski definition) is 4. The van der Waals surface area contributed by atoms with E-state index in [0.717, 1.165) is 18.7 Å². The van der Waals surface area contributed by atoms with Crippen LogP contribution in [0.5, 0.6) is 0 Å². The maximum Gasteiger partial charge on any atom is 0.261 e. The van der Waals surface area contributed by atoms with Crippen molar-refractivity contribution in [1.29, 1.82) is 0 Å².